The zero-order valence-corrected chi connectivity index (χ0v) is 14.3. The van der Waals surface area contributed by atoms with E-state index < -0.39 is 0 Å². The van der Waals surface area contributed by atoms with E-state index in [1.54, 1.807) is 0 Å². The van der Waals surface area contributed by atoms with Crippen molar-refractivity contribution in [3.63, 3.8) is 0 Å². The molecule has 124 valence electrons. The summed E-state index contributed by atoms with van der Waals surface area (Å²) in [5, 5.41) is 3.22. The maximum atomic E-state index is 12.2. The average molecular weight is 296 g/mol. The Labute approximate surface area is 131 Å². The number of amides is 1. The minimum Gasteiger partial charge on any atom is -0.343 e. The number of rotatable bonds is 11. The summed E-state index contributed by atoms with van der Waals surface area (Å²) < 4.78 is 0. The quantitative estimate of drug-likeness (QED) is 0.585. The average Bonchev–Trinajstić information content (AvgIpc) is 2.52. The Morgan fingerprint density at radius 2 is 1.67 bits per heavy atom. The largest absolute Gasteiger partial charge is 0.343 e. The zero-order valence-electron chi connectivity index (χ0n) is 14.3. The van der Waals surface area contributed by atoms with Crippen LogP contribution in [0.5, 0.6) is 0 Å². The molecule has 1 heterocycles. The molecular formula is C18H36N2O. The number of nitrogens with zero attached hydrogens (tertiary/aromatic N) is 1. The fourth-order valence-corrected chi connectivity index (χ4v) is 3.21. The van der Waals surface area contributed by atoms with E-state index in [4.69, 9.17) is 0 Å². The van der Waals surface area contributed by atoms with Gasteiger partial charge in [0.25, 0.3) is 0 Å². The highest BCUT2D eigenvalue weighted by molar-refractivity contribution is 5.76. The standard InChI is InChI=1S/C18H36N2O/c1-3-4-5-6-7-8-9-10-18(21)20-15-12-17(13-16-20)11-14-19-2/h17,19H,3-16H2,1-2H3. The second-order valence-electron chi connectivity index (χ2n) is 6.59. The maximum absolute atomic E-state index is 12.2. The lowest BCUT2D eigenvalue weighted by Gasteiger charge is -2.32. The predicted molar refractivity (Wildman–Crippen MR) is 90.5 cm³/mol. The topological polar surface area (TPSA) is 32.3 Å². The van der Waals surface area contributed by atoms with Crippen molar-refractivity contribution in [2.24, 2.45) is 5.92 Å². The summed E-state index contributed by atoms with van der Waals surface area (Å²) in [6.45, 7) is 5.34. The van der Waals surface area contributed by atoms with E-state index in [1.165, 1.54) is 57.8 Å². The van der Waals surface area contributed by atoms with Gasteiger partial charge >= 0.3 is 0 Å². The third-order valence-electron chi connectivity index (χ3n) is 4.76. The van der Waals surface area contributed by atoms with E-state index in [1.807, 2.05) is 7.05 Å². The molecule has 3 nitrogen and oxygen atoms in total. The Morgan fingerprint density at radius 3 is 2.29 bits per heavy atom. The lowest BCUT2D eigenvalue weighted by molar-refractivity contribution is -0.132. The lowest BCUT2D eigenvalue weighted by atomic mass is 9.93. The number of carbonyl (C=O) groups is 1. The molecule has 1 aliphatic rings. The Bertz CT molecular complexity index is 260. The first-order chi connectivity index (χ1) is 10.3. The molecule has 1 fully saturated rings. The van der Waals surface area contributed by atoms with Crippen molar-refractivity contribution in [3.05, 3.63) is 0 Å². The van der Waals surface area contributed by atoms with Gasteiger partial charge < -0.3 is 10.2 Å². The van der Waals surface area contributed by atoms with Gasteiger partial charge in [0.05, 0.1) is 0 Å². The molecule has 0 unspecified atom stereocenters. The molecule has 0 aromatic heterocycles. The highest BCUT2D eigenvalue weighted by Gasteiger charge is 2.21. The third-order valence-corrected chi connectivity index (χ3v) is 4.76. The highest BCUT2D eigenvalue weighted by Crippen LogP contribution is 2.21. The fourth-order valence-electron chi connectivity index (χ4n) is 3.21. The molecule has 0 saturated carbocycles. The lowest BCUT2D eigenvalue weighted by Crippen LogP contribution is -2.38. The van der Waals surface area contributed by atoms with Gasteiger partial charge in [-0.25, -0.2) is 0 Å². The van der Waals surface area contributed by atoms with Crippen LogP contribution in [0.3, 0.4) is 0 Å². The molecule has 1 N–H and O–H groups in total. The highest BCUT2D eigenvalue weighted by atomic mass is 16.2. The molecule has 1 amide bonds. The Morgan fingerprint density at radius 1 is 1.05 bits per heavy atom. The number of carbonyl (C=O) groups excluding carboxylic acids is 1. The van der Waals surface area contributed by atoms with Gasteiger partial charge in [0, 0.05) is 19.5 Å². The van der Waals surface area contributed by atoms with Crippen molar-refractivity contribution >= 4 is 5.91 Å². The molecule has 1 rings (SSSR count). The maximum Gasteiger partial charge on any atom is 0.222 e. The van der Waals surface area contributed by atoms with E-state index >= 15 is 0 Å². The smallest absolute Gasteiger partial charge is 0.222 e. The van der Waals surface area contributed by atoms with Gasteiger partial charge in [-0.2, -0.15) is 0 Å². The van der Waals surface area contributed by atoms with E-state index in [-0.39, 0.29) is 0 Å². The first-order valence-corrected chi connectivity index (χ1v) is 9.20. The summed E-state index contributed by atoms with van der Waals surface area (Å²) in [7, 11) is 2.01. The van der Waals surface area contributed by atoms with Crippen LogP contribution in [0.2, 0.25) is 0 Å². The molecule has 0 aromatic carbocycles. The molecule has 0 spiro atoms. The molecule has 0 aliphatic carbocycles. The minimum absolute atomic E-state index is 0.399. The predicted octanol–water partition coefficient (Wildman–Crippen LogP) is 3.98. The normalized spacial score (nSPS) is 16.4. The molecule has 3 heteroatoms. The molecule has 1 saturated heterocycles. The van der Waals surface area contributed by atoms with Gasteiger partial charge in [0.2, 0.25) is 5.91 Å². The Kier molecular flexibility index (Phi) is 10.6. The molecule has 0 bridgehead atoms. The van der Waals surface area contributed by atoms with Crippen LogP contribution in [0.25, 0.3) is 0 Å². The van der Waals surface area contributed by atoms with Crippen LogP contribution in [0.15, 0.2) is 0 Å². The number of nitrogens with one attached hydrogen (secondary N) is 1. The van der Waals surface area contributed by atoms with E-state index in [2.05, 4.69) is 17.1 Å². The van der Waals surface area contributed by atoms with Crippen molar-refractivity contribution in [2.45, 2.75) is 77.6 Å². The van der Waals surface area contributed by atoms with E-state index in [0.717, 1.165) is 38.4 Å². The molecule has 21 heavy (non-hydrogen) atoms. The number of piperidine rings is 1. The van der Waals surface area contributed by atoms with Gasteiger partial charge in [-0.15, -0.1) is 0 Å². The number of unbranched alkanes of at least 4 members (excludes halogenated alkanes) is 6. The third kappa shape index (κ3) is 8.45. The first kappa shape index (κ1) is 18.5. The molecule has 0 radical (unpaired) electrons. The summed E-state index contributed by atoms with van der Waals surface area (Å²) in [6.07, 6.45) is 13.4. The zero-order chi connectivity index (χ0) is 15.3. The monoisotopic (exact) mass is 296 g/mol. The van der Waals surface area contributed by atoms with Crippen LogP contribution in [-0.2, 0) is 4.79 Å². The van der Waals surface area contributed by atoms with Crippen molar-refractivity contribution in [1.82, 2.24) is 10.2 Å². The molecule has 0 aromatic rings. The second kappa shape index (κ2) is 12.0. The van der Waals surface area contributed by atoms with Gasteiger partial charge in [0.1, 0.15) is 0 Å². The van der Waals surface area contributed by atoms with Crippen molar-refractivity contribution in [2.75, 3.05) is 26.7 Å². The van der Waals surface area contributed by atoms with Gasteiger partial charge in [-0.1, -0.05) is 45.4 Å². The Hall–Kier alpha value is -0.570. The molecular weight excluding hydrogens is 260 g/mol. The van der Waals surface area contributed by atoms with Crippen LogP contribution >= 0.6 is 0 Å². The van der Waals surface area contributed by atoms with Crippen LogP contribution < -0.4 is 5.32 Å². The number of hydrogen-bond donors (Lipinski definition) is 1. The van der Waals surface area contributed by atoms with Crippen LogP contribution in [-0.4, -0.2) is 37.5 Å². The second-order valence-corrected chi connectivity index (χ2v) is 6.59. The summed E-state index contributed by atoms with van der Waals surface area (Å²) in [6, 6.07) is 0. The van der Waals surface area contributed by atoms with Gasteiger partial charge in [-0.05, 0) is 45.2 Å². The van der Waals surface area contributed by atoms with Crippen molar-refractivity contribution in [1.29, 1.82) is 0 Å². The van der Waals surface area contributed by atoms with Gasteiger partial charge in [0.15, 0.2) is 0 Å². The van der Waals surface area contributed by atoms with E-state index in [9.17, 15) is 4.79 Å². The minimum atomic E-state index is 0.399. The van der Waals surface area contributed by atoms with Crippen LogP contribution in [0, 0.1) is 5.92 Å². The van der Waals surface area contributed by atoms with Crippen molar-refractivity contribution < 1.29 is 4.79 Å². The molecule has 1 aliphatic heterocycles. The summed E-state index contributed by atoms with van der Waals surface area (Å²) in [5.74, 6) is 1.22. The summed E-state index contributed by atoms with van der Waals surface area (Å²) in [5.41, 5.74) is 0. The van der Waals surface area contributed by atoms with Crippen molar-refractivity contribution in [3.8, 4) is 0 Å². The van der Waals surface area contributed by atoms with Crippen LogP contribution in [0.1, 0.15) is 77.6 Å². The number of likely N-dealkylation sites (tertiary alicyclic amines) is 1. The molecule has 0 atom stereocenters. The fraction of sp³-hybridized carbons (Fsp3) is 0.944. The number of hydrogen-bond acceptors (Lipinski definition) is 2. The van der Waals surface area contributed by atoms with Crippen LogP contribution in [0.4, 0.5) is 0 Å². The first-order valence-electron chi connectivity index (χ1n) is 9.20. The van der Waals surface area contributed by atoms with Gasteiger partial charge in [-0.3, -0.25) is 4.79 Å². The Balaban J connectivity index is 2.00. The summed E-state index contributed by atoms with van der Waals surface area (Å²) in [4.78, 5) is 14.3. The summed E-state index contributed by atoms with van der Waals surface area (Å²) >= 11 is 0. The van der Waals surface area contributed by atoms with E-state index in [0.29, 0.717) is 5.91 Å². The SMILES string of the molecule is CCCCCCCCCC(=O)N1CCC(CCNC)CC1.